The largest absolute Gasteiger partial charge is 0.483 e. The molecule has 2 aromatic carbocycles. The molecular formula is C16H13Br2NO3. The topological polar surface area (TPSA) is 55.4 Å². The monoisotopic (exact) mass is 425 g/mol. The molecule has 0 aromatic heterocycles. The summed E-state index contributed by atoms with van der Waals surface area (Å²) in [4.78, 5) is 22.9. The van der Waals surface area contributed by atoms with Crippen LogP contribution in [-0.4, -0.2) is 18.8 Å². The van der Waals surface area contributed by atoms with Gasteiger partial charge in [-0.05, 0) is 48.9 Å². The van der Waals surface area contributed by atoms with Gasteiger partial charge in [0.2, 0.25) is 0 Å². The number of anilines is 1. The molecule has 0 saturated heterocycles. The Morgan fingerprint density at radius 1 is 1.18 bits per heavy atom. The molecule has 0 heterocycles. The molecule has 0 bridgehead atoms. The van der Waals surface area contributed by atoms with Crippen LogP contribution in [0.25, 0.3) is 0 Å². The first-order chi connectivity index (χ1) is 10.5. The minimum Gasteiger partial charge on any atom is -0.483 e. The van der Waals surface area contributed by atoms with Crippen LogP contribution in [0.5, 0.6) is 5.75 Å². The maximum absolute atomic E-state index is 11.9. The van der Waals surface area contributed by atoms with Crippen molar-refractivity contribution in [1.29, 1.82) is 0 Å². The van der Waals surface area contributed by atoms with E-state index in [4.69, 9.17) is 4.74 Å². The maximum atomic E-state index is 11.9. The van der Waals surface area contributed by atoms with Gasteiger partial charge in [0.15, 0.2) is 12.9 Å². The number of halogens is 2. The Labute approximate surface area is 145 Å². The first-order valence-electron chi connectivity index (χ1n) is 6.43. The van der Waals surface area contributed by atoms with Crippen LogP contribution in [0.1, 0.15) is 15.9 Å². The van der Waals surface area contributed by atoms with Crippen molar-refractivity contribution < 1.29 is 14.3 Å². The molecule has 2 rings (SSSR count). The third-order valence-corrected chi connectivity index (χ3v) is 3.91. The van der Waals surface area contributed by atoms with Gasteiger partial charge in [-0.25, -0.2) is 0 Å². The van der Waals surface area contributed by atoms with E-state index >= 15 is 0 Å². The molecule has 0 aliphatic heterocycles. The summed E-state index contributed by atoms with van der Waals surface area (Å²) in [5.41, 5.74) is 2.06. The summed E-state index contributed by atoms with van der Waals surface area (Å²) in [5, 5.41) is 2.77. The van der Waals surface area contributed by atoms with Crippen molar-refractivity contribution in [3.63, 3.8) is 0 Å². The van der Waals surface area contributed by atoms with E-state index in [1.807, 2.05) is 25.1 Å². The fourth-order valence-electron chi connectivity index (χ4n) is 1.84. The zero-order chi connectivity index (χ0) is 16.1. The van der Waals surface area contributed by atoms with Crippen molar-refractivity contribution in [2.24, 2.45) is 0 Å². The molecule has 2 aromatic rings. The Morgan fingerprint density at radius 2 is 1.86 bits per heavy atom. The normalized spacial score (nSPS) is 10.1. The van der Waals surface area contributed by atoms with Crippen LogP contribution in [0.2, 0.25) is 0 Å². The van der Waals surface area contributed by atoms with Crippen LogP contribution in [0, 0.1) is 6.92 Å². The summed E-state index contributed by atoms with van der Waals surface area (Å²) in [7, 11) is 0. The number of nitrogens with one attached hydrogen (secondary N) is 1. The maximum Gasteiger partial charge on any atom is 0.262 e. The molecule has 4 nitrogen and oxygen atoms in total. The second-order valence-corrected chi connectivity index (χ2v) is 6.43. The van der Waals surface area contributed by atoms with Crippen LogP contribution in [0.3, 0.4) is 0 Å². The fourth-order valence-corrected chi connectivity index (χ4v) is 2.69. The minimum absolute atomic E-state index is 0.169. The highest BCUT2D eigenvalue weighted by atomic mass is 79.9. The van der Waals surface area contributed by atoms with Crippen molar-refractivity contribution in [1.82, 2.24) is 0 Å². The zero-order valence-corrected chi connectivity index (χ0v) is 14.9. The molecule has 0 aliphatic rings. The van der Waals surface area contributed by atoms with Crippen LogP contribution < -0.4 is 10.1 Å². The Bertz CT molecular complexity index is 717. The zero-order valence-electron chi connectivity index (χ0n) is 11.7. The average Bonchev–Trinajstić information content (AvgIpc) is 2.48. The van der Waals surface area contributed by atoms with Crippen molar-refractivity contribution in [2.75, 3.05) is 11.9 Å². The molecule has 1 amide bonds. The van der Waals surface area contributed by atoms with Crippen molar-refractivity contribution in [2.45, 2.75) is 6.92 Å². The van der Waals surface area contributed by atoms with Gasteiger partial charge in [0.05, 0.1) is 5.56 Å². The smallest absolute Gasteiger partial charge is 0.262 e. The molecule has 0 unspecified atom stereocenters. The number of rotatable bonds is 5. The number of carbonyl (C=O) groups excluding carboxylic acids is 2. The van der Waals surface area contributed by atoms with E-state index < -0.39 is 0 Å². The Hall–Kier alpha value is -1.66. The predicted molar refractivity (Wildman–Crippen MR) is 92.5 cm³/mol. The number of hydrogen-bond donors (Lipinski definition) is 1. The molecule has 0 saturated carbocycles. The number of carbonyl (C=O) groups is 2. The molecule has 114 valence electrons. The SMILES string of the molecule is Cc1cc(Br)ccc1NC(=O)COc1ccc(Br)cc1C=O. The Morgan fingerprint density at radius 3 is 2.55 bits per heavy atom. The van der Waals surface area contributed by atoms with Gasteiger partial charge in [0, 0.05) is 14.6 Å². The van der Waals surface area contributed by atoms with E-state index in [-0.39, 0.29) is 12.5 Å². The lowest BCUT2D eigenvalue weighted by Crippen LogP contribution is -2.21. The highest BCUT2D eigenvalue weighted by Gasteiger charge is 2.09. The van der Waals surface area contributed by atoms with Crippen LogP contribution in [-0.2, 0) is 4.79 Å². The van der Waals surface area contributed by atoms with Gasteiger partial charge in [0.1, 0.15) is 5.75 Å². The summed E-state index contributed by atoms with van der Waals surface area (Å²) in [5.74, 6) is 0.0890. The third kappa shape index (κ3) is 4.42. The fraction of sp³-hybridized carbons (Fsp3) is 0.125. The van der Waals surface area contributed by atoms with E-state index in [2.05, 4.69) is 37.2 Å². The molecule has 6 heteroatoms. The quantitative estimate of drug-likeness (QED) is 0.723. The summed E-state index contributed by atoms with van der Waals surface area (Å²) in [6.45, 7) is 1.73. The molecule has 0 fully saturated rings. The average molecular weight is 427 g/mol. The van der Waals surface area contributed by atoms with Gasteiger partial charge in [-0.15, -0.1) is 0 Å². The number of aldehydes is 1. The minimum atomic E-state index is -0.287. The van der Waals surface area contributed by atoms with Gasteiger partial charge >= 0.3 is 0 Å². The number of ether oxygens (including phenoxy) is 1. The van der Waals surface area contributed by atoms with Gasteiger partial charge in [-0.1, -0.05) is 31.9 Å². The molecular weight excluding hydrogens is 414 g/mol. The lowest BCUT2D eigenvalue weighted by molar-refractivity contribution is -0.118. The number of aryl methyl sites for hydroxylation is 1. The van der Waals surface area contributed by atoms with E-state index in [0.717, 1.165) is 20.2 Å². The molecule has 22 heavy (non-hydrogen) atoms. The van der Waals surface area contributed by atoms with Gasteiger partial charge in [0.25, 0.3) is 5.91 Å². The van der Waals surface area contributed by atoms with E-state index in [1.165, 1.54) is 0 Å². The lowest BCUT2D eigenvalue weighted by Gasteiger charge is -2.11. The number of hydrogen-bond acceptors (Lipinski definition) is 3. The summed E-state index contributed by atoms with van der Waals surface area (Å²) >= 11 is 6.65. The van der Waals surface area contributed by atoms with Gasteiger partial charge in [-0.2, -0.15) is 0 Å². The molecule has 0 radical (unpaired) electrons. The molecule has 0 spiro atoms. The second kappa shape index (κ2) is 7.56. The van der Waals surface area contributed by atoms with Crippen LogP contribution in [0.4, 0.5) is 5.69 Å². The standard InChI is InChI=1S/C16H13Br2NO3/c1-10-6-12(17)2-4-14(10)19-16(21)9-22-15-5-3-13(18)7-11(15)8-20/h2-8H,9H2,1H3,(H,19,21). The number of amides is 1. The third-order valence-electron chi connectivity index (χ3n) is 2.92. The summed E-state index contributed by atoms with van der Waals surface area (Å²) in [6.07, 6.45) is 0.691. The van der Waals surface area contributed by atoms with Crippen LogP contribution in [0.15, 0.2) is 45.3 Å². The highest BCUT2D eigenvalue weighted by molar-refractivity contribution is 9.10. The molecule has 0 aliphatic carbocycles. The molecule has 1 N–H and O–H groups in total. The predicted octanol–water partition coefficient (Wildman–Crippen LogP) is 4.35. The first kappa shape index (κ1) is 16.7. The van der Waals surface area contributed by atoms with E-state index in [0.29, 0.717) is 17.6 Å². The lowest BCUT2D eigenvalue weighted by atomic mass is 10.2. The molecule has 0 atom stereocenters. The van der Waals surface area contributed by atoms with Crippen molar-refractivity contribution in [3.8, 4) is 5.75 Å². The second-order valence-electron chi connectivity index (χ2n) is 4.60. The Balaban J connectivity index is 2.00. The van der Waals surface area contributed by atoms with E-state index in [9.17, 15) is 9.59 Å². The highest BCUT2D eigenvalue weighted by Crippen LogP contribution is 2.22. The first-order valence-corrected chi connectivity index (χ1v) is 8.01. The van der Waals surface area contributed by atoms with Gasteiger partial charge in [-0.3, -0.25) is 9.59 Å². The van der Waals surface area contributed by atoms with E-state index in [1.54, 1.807) is 18.2 Å². The van der Waals surface area contributed by atoms with Crippen molar-refractivity contribution >= 4 is 49.7 Å². The van der Waals surface area contributed by atoms with Gasteiger partial charge < -0.3 is 10.1 Å². The number of benzene rings is 2. The van der Waals surface area contributed by atoms with Crippen molar-refractivity contribution in [3.05, 3.63) is 56.5 Å². The Kier molecular flexibility index (Phi) is 5.74. The summed E-state index contributed by atoms with van der Waals surface area (Å²) < 4.78 is 7.13. The summed E-state index contributed by atoms with van der Waals surface area (Å²) in [6, 6.07) is 10.6. The van der Waals surface area contributed by atoms with Crippen LogP contribution >= 0.6 is 31.9 Å².